The molecular weight excluding hydrogens is 278 g/mol. The zero-order valence-electron chi connectivity index (χ0n) is 13.6. The van der Waals surface area contributed by atoms with Crippen LogP contribution in [0, 0.1) is 6.92 Å². The van der Waals surface area contributed by atoms with E-state index in [9.17, 15) is 0 Å². The molecule has 0 aliphatic heterocycles. The van der Waals surface area contributed by atoms with Crippen LogP contribution in [0.5, 0.6) is 5.75 Å². The molecule has 0 saturated carbocycles. The molecule has 1 heterocycles. The van der Waals surface area contributed by atoms with Gasteiger partial charge in [-0.3, -0.25) is 0 Å². The maximum atomic E-state index is 5.35. The highest BCUT2D eigenvalue weighted by molar-refractivity contribution is 5.64. The van der Waals surface area contributed by atoms with Crippen molar-refractivity contribution in [3.63, 3.8) is 0 Å². The number of likely N-dealkylation sites (N-methyl/N-ethyl adjacent to an activating group) is 1. The van der Waals surface area contributed by atoms with E-state index in [1.807, 2.05) is 45.3 Å². The fourth-order valence-corrected chi connectivity index (χ4v) is 1.96. The van der Waals surface area contributed by atoms with E-state index in [0.29, 0.717) is 5.95 Å². The maximum absolute atomic E-state index is 5.35. The second kappa shape index (κ2) is 7.61. The van der Waals surface area contributed by atoms with Crippen LogP contribution in [0.1, 0.15) is 5.56 Å². The fraction of sp³-hybridized carbons (Fsp3) is 0.375. The van der Waals surface area contributed by atoms with Crippen molar-refractivity contribution < 1.29 is 4.74 Å². The van der Waals surface area contributed by atoms with Crippen molar-refractivity contribution in [2.45, 2.75) is 6.92 Å². The number of nitrogens with one attached hydrogen (secondary N) is 2. The summed E-state index contributed by atoms with van der Waals surface area (Å²) in [5.74, 6) is 2.10. The van der Waals surface area contributed by atoms with Crippen LogP contribution in [0.2, 0.25) is 0 Å². The van der Waals surface area contributed by atoms with E-state index in [2.05, 4.69) is 25.5 Å². The number of nitrogens with zero attached hydrogens (tertiary/aromatic N) is 3. The third-order valence-corrected chi connectivity index (χ3v) is 3.12. The number of hydrogen-bond donors (Lipinski definition) is 2. The second-order valence-corrected chi connectivity index (χ2v) is 5.32. The zero-order valence-corrected chi connectivity index (χ0v) is 13.6. The van der Waals surface area contributed by atoms with E-state index in [-0.39, 0.29) is 0 Å². The molecule has 22 heavy (non-hydrogen) atoms. The summed E-state index contributed by atoms with van der Waals surface area (Å²) >= 11 is 0. The van der Waals surface area contributed by atoms with E-state index >= 15 is 0 Å². The van der Waals surface area contributed by atoms with Crippen molar-refractivity contribution in [1.82, 2.24) is 14.9 Å². The molecule has 6 heteroatoms. The summed E-state index contributed by atoms with van der Waals surface area (Å²) in [6.45, 7) is 3.81. The Kier molecular flexibility index (Phi) is 5.55. The minimum absolute atomic E-state index is 0.541. The molecule has 0 aliphatic rings. The number of ether oxygens (including phenoxy) is 1. The van der Waals surface area contributed by atoms with E-state index in [0.717, 1.165) is 35.9 Å². The van der Waals surface area contributed by atoms with Gasteiger partial charge in [-0.25, -0.2) is 4.98 Å². The molecule has 6 nitrogen and oxygen atoms in total. The number of rotatable bonds is 7. The number of methoxy groups -OCH3 is 1. The first-order chi connectivity index (χ1) is 10.6. The highest BCUT2D eigenvalue weighted by Gasteiger charge is 2.06. The molecule has 0 fully saturated rings. The molecular formula is C16H23N5O. The first-order valence-electron chi connectivity index (χ1n) is 7.22. The monoisotopic (exact) mass is 301 g/mol. The van der Waals surface area contributed by atoms with Crippen molar-refractivity contribution in [2.75, 3.05) is 44.9 Å². The Morgan fingerprint density at radius 1 is 1.23 bits per heavy atom. The first-order valence-corrected chi connectivity index (χ1v) is 7.22. The Labute approximate surface area is 131 Å². The van der Waals surface area contributed by atoms with Gasteiger partial charge >= 0.3 is 0 Å². The van der Waals surface area contributed by atoms with Gasteiger partial charge in [0.05, 0.1) is 12.8 Å². The number of aromatic nitrogens is 2. The molecule has 0 aliphatic carbocycles. The summed E-state index contributed by atoms with van der Waals surface area (Å²) < 4.78 is 5.35. The molecule has 2 N–H and O–H groups in total. The third-order valence-electron chi connectivity index (χ3n) is 3.12. The molecule has 0 amide bonds. The van der Waals surface area contributed by atoms with Gasteiger partial charge in [0.1, 0.15) is 11.6 Å². The summed E-state index contributed by atoms with van der Waals surface area (Å²) in [4.78, 5) is 10.8. The van der Waals surface area contributed by atoms with Gasteiger partial charge in [-0.2, -0.15) is 4.98 Å². The molecule has 1 aromatic heterocycles. The van der Waals surface area contributed by atoms with Crippen LogP contribution >= 0.6 is 0 Å². The Hall–Kier alpha value is -2.34. The summed E-state index contributed by atoms with van der Waals surface area (Å²) in [7, 11) is 5.73. The maximum Gasteiger partial charge on any atom is 0.229 e. The summed E-state index contributed by atoms with van der Waals surface area (Å²) in [5, 5.41) is 6.48. The van der Waals surface area contributed by atoms with Crippen LogP contribution in [0.15, 0.2) is 30.5 Å². The van der Waals surface area contributed by atoms with Gasteiger partial charge in [0, 0.05) is 19.3 Å². The number of hydrogen-bond acceptors (Lipinski definition) is 6. The van der Waals surface area contributed by atoms with Crippen LogP contribution in [0.25, 0.3) is 0 Å². The molecule has 0 radical (unpaired) electrons. The van der Waals surface area contributed by atoms with Crippen LogP contribution in [-0.4, -0.2) is 49.2 Å². The van der Waals surface area contributed by atoms with Crippen LogP contribution < -0.4 is 15.4 Å². The van der Waals surface area contributed by atoms with Gasteiger partial charge in [0.25, 0.3) is 0 Å². The normalized spacial score (nSPS) is 10.6. The quantitative estimate of drug-likeness (QED) is 0.819. The van der Waals surface area contributed by atoms with Gasteiger partial charge in [-0.1, -0.05) is 6.07 Å². The lowest BCUT2D eigenvalue weighted by Gasteiger charge is -2.13. The zero-order chi connectivity index (χ0) is 15.9. The van der Waals surface area contributed by atoms with E-state index < -0.39 is 0 Å². The Morgan fingerprint density at radius 3 is 2.77 bits per heavy atom. The average molecular weight is 301 g/mol. The SMILES string of the molecule is COc1ccc(C)cc1Nc1nccc(NCCN(C)C)n1. The van der Waals surface area contributed by atoms with Crippen molar-refractivity contribution in [1.29, 1.82) is 0 Å². The van der Waals surface area contributed by atoms with E-state index in [1.54, 1.807) is 13.3 Å². The largest absolute Gasteiger partial charge is 0.495 e. The van der Waals surface area contributed by atoms with Gasteiger partial charge in [-0.05, 0) is 44.8 Å². The van der Waals surface area contributed by atoms with Crippen LogP contribution in [0.3, 0.4) is 0 Å². The topological polar surface area (TPSA) is 62.3 Å². The standard InChI is InChI=1S/C16H23N5O/c1-12-5-6-14(22-4)13(11-12)19-16-18-8-7-15(20-16)17-9-10-21(2)3/h5-8,11H,9-10H2,1-4H3,(H2,17,18,19,20). The van der Waals surface area contributed by atoms with Crippen LogP contribution in [-0.2, 0) is 0 Å². The molecule has 0 spiro atoms. The molecule has 0 unspecified atom stereocenters. The molecule has 0 saturated heterocycles. The third kappa shape index (κ3) is 4.60. The Morgan fingerprint density at radius 2 is 2.05 bits per heavy atom. The van der Waals surface area contributed by atoms with Gasteiger partial charge in [-0.15, -0.1) is 0 Å². The smallest absolute Gasteiger partial charge is 0.229 e. The lowest BCUT2D eigenvalue weighted by atomic mass is 10.2. The highest BCUT2D eigenvalue weighted by Crippen LogP contribution is 2.27. The number of aryl methyl sites for hydroxylation is 1. The van der Waals surface area contributed by atoms with Gasteiger partial charge < -0.3 is 20.3 Å². The lowest BCUT2D eigenvalue weighted by molar-refractivity contribution is 0.416. The van der Waals surface area contributed by atoms with Crippen molar-refractivity contribution in [2.24, 2.45) is 0 Å². The van der Waals surface area contributed by atoms with E-state index in [4.69, 9.17) is 4.74 Å². The molecule has 2 rings (SSSR count). The predicted octanol–water partition coefficient (Wildman–Crippen LogP) is 2.51. The summed E-state index contributed by atoms with van der Waals surface area (Å²) in [5.41, 5.74) is 2.00. The van der Waals surface area contributed by atoms with Crippen LogP contribution in [0.4, 0.5) is 17.5 Å². The Balaban J connectivity index is 2.08. The van der Waals surface area contributed by atoms with Crippen molar-refractivity contribution in [3.8, 4) is 5.75 Å². The minimum atomic E-state index is 0.541. The van der Waals surface area contributed by atoms with E-state index in [1.165, 1.54) is 0 Å². The lowest BCUT2D eigenvalue weighted by Crippen LogP contribution is -2.21. The van der Waals surface area contributed by atoms with Gasteiger partial charge in [0.15, 0.2) is 0 Å². The van der Waals surface area contributed by atoms with Gasteiger partial charge in [0.2, 0.25) is 5.95 Å². The second-order valence-electron chi connectivity index (χ2n) is 5.32. The molecule has 118 valence electrons. The van der Waals surface area contributed by atoms with Crippen molar-refractivity contribution >= 4 is 17.5 Å². The molecule has 1 aromatic carbocycles. The fourth-order valence-electron chi connectivity index (χ4n) is 1.96. The molecule has 0 bridgehead atoms. The Bertz CT molecular complexity index is 615. The number of anilines is 3. The molecule has 0 atom stereocenters. The van der Waals surface area contributed by atoms with Crippen molar-refractivity contribution in [3.05, 3.63) is 36.0 Å². The first kappa shape index (κ1) is 16.0. The molecule has 2 aromatic rings. The average Bonchev–Trinajstić information content (AvgIpc) is 2.47. The minimum Gasteiger partial charge on any atom is -0.495 e. The number of benzene rings is 1. The summed E-state index contributed by atoms with van der Waals surface area (Å²) in [6, 6.07) is 7.80. The predicted molar refractivity (Wildman–Crippen MR) is 90.1 cm³/mol. The highest BCUT2D eigenvalue weighted by atomic mass is 16.5. The summed E-state index contributed by atoms with van der Waals surface area (Å²) in [6.07, 6.45) is 1.73.